The van der Waals surface area contributed by atoms with Crippen LogP contribution in [-0.4, -0.2) is 75.5 Å². The summed E-state index contributed by atoms with van der Waals surface area (Å²) in [6, 6.07) is 0.132. The van der Waals surface area contributed by atoms with Gasteiger partial charge in [0.2, 0.25) is 12.2 Å². The van der Waals surface area contributed by atoms with Gasteiger partial charge in [0, 0.05) is 12.1 Å². The molecular formula is C24H46N4O5. The van der Waals surface area contributed by atoms with E-state index in [9.17, 15) is 9.59 Å². The van der Waals surface area contributed by atoms with Crippen LogP contribution in [0.1, 0.15) is 67.7 Å². The van der Waals surface area contributed by atoms with Gasteiger partial charge in [-0.2, -0.15) is 0 Å². The first-order valence-corrected chi connectivity index (χ1v) is 11.7. The monoisotopic (exact) mass is 470 g/mol. The molecule has 6 atom stereocenters. The van der Waals surface area contributed by atoms with Crippen molar-refractivity contribution in [1.29, 1.82) is 0 Å². The molecule has 192 valence electrons. The van der Waals surface area contributed by atoms with Gasteiger partial charge in [0.25, 0.3) is 0 Å². The number of hydrogen-bond acceptors (Lipinski definition) is 9. The van der Waals surface area contributed by atoms with Gasteiger partial charge in [0.15, 0.2) is 0 Å². The molecule has 0 aromatic carbocycles. The molecule has 0 spiro atoms. The molecule has 1 fully saturated rings. The van der Waals surface area contributed by atoms with Crippen LogP contribution in [0.2, 0.25) is 0 Å². The van der Waals surface area contributed by atoms with Crippen molar-refractivity contribution in [2.45, 2.75) is 98.1 Å². The Bertz CT molecular complexity index is 630. The Balaban J connectivity index is 0.000000621. The van der Waals surface area contributed by atoms with E-state index in [2.05, 4.69) is 30.8 Å². The van der Waals surface area contributed by atoms with Gasteiger partial charge in [-0.3, -0.25) is 0 Å². The number of carbonyl (C=O) groups excluding carboxylic acids is 2. The van der Waals surface area contributed by atoms with Crippen molar-refractivity contribution in [3.63, 3.8) is 0 Å². The Hall–Kier alpha value is -1.44. The molecule has 33 heavy (non-hydrogen) atoms. The first-order valence-electron chi connectivity index (χ1n) is 11.7. The minimum Gasteiger partial charge on any atom is -0.377 e. The first kappa shape index (κ1) is 31.6. The summed E-state index contributed by atoms with van der Waals surface area (Å²) >= 11 is 0. The SMILES string of the molecule is CC(N)COCC(C)OCC(C)OCC(C)N.CC1(C)CC(N=C=O)CC(C)(CN=C=O)C1. The average molecular weight is 471 g/mol. The molecule has 0 bridgehead atoms. The van der Waals surface area contributed by atoms with Crippen LogP contribution in [0.3, 0.4) is 0 Å². The van der Waals surface area contributed by atoms with Crippen LogP contribution in [0, 0.1) is 10.8 Å². The largest absolute Gasteiger partial charge is 0.377 e. The first-order chi connectivity index (χ1) is 15.3. The summed E-state index contributed by atoms with van der Waals surface area (Å²) in [5.41, 5.74) is 11.2. The van der Waals surface area contributed by atoms with E-state index in [0.717, 1.165) is 19.3 Å². The number of nitrogens with two attached hydrogens (primary N) is 2. The Labute approximate surface area is 199 Å². The second-order valence-electron chi connectivity index (χ2n) is 10.6. The fourth-order valence-corrected chi connectivity index (χ4v) is 4.22. The van der Waals surface area contributed by atoms with E-state index in [-0.39, 0.29) is 41.2 Å². The van der Waals surface area contributed by atoms with Crippen molar-refractivity contribution >= 4 is 12.2 Å². The van der Waals surface area contributed by atoms with Crippen molar-refractivity contribution < 1.29 is 23.8 Å². The van der Waals surface area contributed by atoms with Crippen molar-refractivity contribution in [1.82, 2.24) is 0 Å². The predicted molar refractivity (Wildman–Crippen MR) is 130 cm³/mol. The molecular weight excluding hydrogens is 424 g/mol. The van der Waals surface area contributed by atoms with Gasteiger partial charge in [0.1, 0.15) is 0 Å². The molecule has 1 aliphatic rings. The average Bonchev–Trinajstić information content (AvgIpc) is 2.68. The summed E-state index contributed by atoms with van der Waals surface area (Å²) in [7, 11) is 0. The summed E-state index contributed by atoms with van der Waals surface area (Å²) in [5.74, 6) is 0. The highest BCUT2D eigenvalue weighted by atomic mass is 16.6. The van der Waals surface area contributed by atoms with Crippen molar-refractivity contribution in [2.24, 2.45) is 32.3 Å². The zero-order valence-electron chi connectivity index (χ0n) is 21.6. The minimum atomic E-state index is -0.0653. The maximum atomic E-state index is 10.3. The third-order valence-electron chi connectivity index (χ3n) is 5.17. The van der Waals surface area contributed by atoms with Gasteiger partial charge in [-0.1, -0.05) is 20.8 Å². The lowest BCUT2D eigenvalue weighted by Gasteiger charge is -2.44. The molecule has 0 heterocycles. The van der Waals surface area contributed by atoms with Crippen LogP contribution in [0.4, 0.5) is 0 Å². The second kappa shape index (κ2) is 16.2. The summed E-state index contributed by atoms with van der Waals surface area (Å²) in [6.45, 7) is 16.9. The zero-order chi connectivity index (χ0) is 25.5. The zero-order valence-corrected chi connectivity index (χ0v) is 21.6. The molecule has 0 aromatic heterocycles. The Morgan fingerprint density at radius 1 is 0.879 bits per heavy atom. The fourth-order valence-electron chi connectivity index (χ4n) is 4.22. The summed E-state index contributed by atoms with van der Waals surface area (Å²) < 4.78 is 16.4. The third-order valence-corrected chi connectivity index (χ3v) is 5.17. The van der Waals surface area contributed by atoms with E-state index >= 15 is 0 Å². The second-order valence-corrected chi connectivity index (χ2v) is 10.6. The van der Waals surface area contributed by atoms with Crippen molar-refractivity contribution in [3.8, 4) is 0 Å². The molecule has 1 aliphatic carbocycles. The maximum absolute atomic E-state index is 10.3. The molecule has 0 radical (unpaired) electrons. The van der Waals surface area contributed by atoms with E-state index in [1.165, 1.54) is 0 Å². The van der Waals surface area contributed by atoms with Gasteiger partial charge < -0.3 is 25.7 Å². The minimum absolute atomic E-state index is 0.00750. The van der Waals surface area contributed by atoms with E-state index in [4.69, 9.17) is 25.7 Å². The van der Waals surface area contributed by atoms with Crippen LogP contribution in [0.25, 0.3) is 0 Å². The van der Waals surface area contributed by atoms with E-state index in [1.54, 1.807) is 12.2 Å². The van der Waals surface area contributed by atoms with Gasteiger partial charge in [-0.05, 0) is 57.8 Å². The quantitative estimate of drug-likeness (QED) is 0.312. The number of hydrogen-bond donors (Lipinski definition) is 2. The normalized spacial score (nSPS) is 25.3. The summed E-state index contributed by atoms with van der Waals surface area (Å²) in [6.07, 6.45) is 5.98. The topological polar surface area (TPSA) is 139 Å². The number of aliphatic imine (C=N–C) groups is 2. The van der Waals surface area contributed by atoms with E-state index in [0.29, 0.717) is 33.0 Å². The standard InChI is InChI=1S/C12H28N2O3.C12H18N2O2/c1-9(13)5-15-7-11(3)17-8-12(4)16-6-10(2)14;1-11(2)4-10(14-9-16)5-12(3,6-11)7-13-8-15/h9-12H,5-8,13-14H2,1-4H3;10H,4-7H2,1-3H3. The molecule has 1 rings (SSSR count). The van der Waals surface area contributed by atoms with E-state index in [1.807, 2.05) is 27.7 Å². The van der Waals surface area contributed by atoms with Crippen molar-refractivity contribution in [2.75, 3.05) is 33.0 Å². The molecule has 1 saturated carbocycles. The van der Waals surface area contributed by atoms with Crippen LogP contribution in [0.5, 0.6) is 0 Å². The molecule has 0 aromatic rings. The van der Waals surface area contributed by atoms with Gasteiger partial charge >= 0.3 is 0 Å². The number of ether oxygens (including phenoxy) is 3. The molecule has 9 nitrogen and oxygen atoms in total. The summed E-state index contributed by atoms with van der Waals surface area (Å²) in [5, 5.41) is 0. The molecule has 0 aliphatic heterocycles. The van der Waals surface area contributed by atoms with Gasteiger partial charge in [-0.25, -0.2) is 19.6 Å². The molecule has 0 amide bonds. The fraction of sp³-hybridized carbons (Fsp3) is 0.917. The number of nitrogens with zero attached hydrogens (tertiary/aromatic N) is 2. The van der Waals surface area contributed by atoms with Crippen LogP contribution < -0.4 is 11.5 Å². The molecule has 6 unspecified atom stereocenters. The Kier molecular flexibility index (Phi) is 15.5. The summed E-state index contributed by atoms with van der Waals surface area (Å²) in [4.78, 5) is 28.0. The number of isocyanates is 2. The highest BCUT2D eigenvalue weighted by molar-refractivity contribution is 5.34. The highest BCUT2D eigenvalue weighted by Crippen LogP contribution is 2.47. The van der Waals surface area contributed by atoms with Crippen molar-refractivity contribution in [3.05, 3.63) is 0 Å². The molecule has 9 heteroatoms. The maximum Gasteiger partial charge on any atom is 0.235 e. The Morgan fingerprint density at radius 3 is 2.00 bits per heavy atom. The van der Waals surface area contributed by atoms with Crippen LogP contribution in [-0.2, 0) is 23.8 Å². The van der Waals surface area contributed by atoms with Gasteiger partial charge in [-0.15, -0.1) is 0 Å². The van der Waals surface area contributed by atoms with Crippen LogP contribution >= 0.6 is 0 Å². The lowest BCUT2D eigenvalue weighted by Crippen LogP contribution is -2.39. The lowest BCUT2D eigenvalue weighted by molar-refractivity contribution is -0.0591. The third kappa shape index (κ3) is 16.8. The Morgan fingerprint density at radius 2 is 1.45 bits per heavy atom. The molecule has 4 N–H and O–H groups in total. The highest BCUT2D eigenvalue weighted by Gasteiger charge is 2.41. The lowest BCUT2D eigenvalue weighted by atomic mass is 9.63. The smallest absolute Gasteiger partial charge is 0.235 e. The predicted octanol–water partition coefficient (Wildman–Crippen LogP) is 2.75. The van der Waals surface area contributed by atoms with E-state index < -0.39 is 0 Å². The molecule has 0 saturated heterocycles. The number of rotatable bonds is 13. The van der Waals surface area contributed by atoms with Gasteiger partial charge in [0.05, 0.1) is 51.2 Å². The van der Waals surface area contributed by atoms with Crippen LogP contribution in [0.15, 0.2) is 9.98 Å².